The highest BCUT2D eigenvalue weighted by atomic mass is 16.3. The van der Waals surface area contributed by atoms with Gasteiger partial charge < -0.3 is 15.3 Å². The molecule has 0 aliphatic rings. The predicted molar refractivity (Wildman–Crippen MR) is 76.8 cm³/mol. The third-order valence-electron chi connectivity index (χ3n) is 3.26. The molecule has 4 heteroatoms. The molecule has 106 valence electrons. The van der Waals surface area contributed by atoms with Gasteiger partial charge in [-0.05, 0) is 26.1 Å². The molecular weight excluding hydrogens is 240 g/mol. The van der Waals surface area contributed by atoms with Crippen LogP contribution in [0.2, 0.25) is 0 Å². The van der Waals surface area contributed by atoms with Crippen molar-refractivity contribution in [3.8, 4) is 0 Å². The highest BCUT2D eigenvalue weighted by molar-refractivity contribution is 5.77. The summed E-state index contributed by atoms with van der Waals surface area (Å²) in [5.41, 5.74) is -0.363. The standard InChI is InChI=1S/C15H24N2O2/c1-4-17(3)11-10-16-14(18)12-15(2,19)13-8-6-5-7-9-13/h5-9,19H,4,10-12H2,1-3H3,(H,16,18). The lowest BCUT2D eigenvalue weighted by atomic mass is 9.92. The first-order valence-corrected chi connectivity index (χ1v) is 6.69. The van der Waals surface area contributed by atoms with Gasteiger partial charge in [0.05, 0.1) is 12.0 Å². The lowest BCUT2D eigenvalue weighted by molar-refractivity contribution is -0.125. The maximum absolute atomic E-state index is 11.8. The Balaban J connectivity index is 2.43. The second-order valence-corrected chi connectivity index (χ2v) is 5.06. The van der Waals surface area contributed by atoms with Gasteiger partial charge >= 0.3 is 0 Å². The maximum atomic E-state index is 11.8. The molecule has 0 spiro atoms. The van der Waals surface area contributed by atoms with E-state index in [-0.39, 0.29) is 12.3 Å². The number of likely N-dealkylation sites (N-methyl/N-ethyl adjacent to an activating group) is 1. The number of carbonyl (C=O) groups excluding carboxylic acids is 1. The van der Waals surface area contributed by atoms with Crippen molar-refractivity contribution in [3.63, 3.8) is 0 Å². The van der Waals surface area contributed by atoms with E-state index in [4.69, 9.17) is 0 Å². The predicted octanol–water partition coefficient (Wildman–Crippen LogP) is 1.35. The Bertz CT molecular complexity index is 390. The summed E-state index contributed by atoms with van der Waals surface area (Å²) in [6.45, 7) is 6.11. The molecule has 4 nitrogen and oxygen atoms in total. The van der Waals surface area contributed by atoms with Crippen LogP contribution in [0.25, 0.3) is 0 Å². The van der Waals surface area contributed by atoms with Crippen LogP contribution < -0.4 is 5.32 Å². The first-order chi connectivity index (χ1) is 8.95. The van der Waals surface area contributed by atoms with Crippen molar-refractivity contribution in [2.45, 2.75) is 25.9 Å². The number of hydrogen-bond acceptors (Lipinski definition) is 3. The molecule has 0 saturated carbocycles. The van der Waals surface area contributed by atoms with Crippen molar-refractivity contribution < 1.29 is 9.90 Å². The summed E-state index contributed by atoms with van der Waals surface area (Å²) < 4.78 is 0. The molecule has 19 heavy (non-hydrogen) atoms. The van der Waals surface area contributed by atoms with Gasteiger partial charge in [0.15, 0.2) is 0 Å². The molecule has 1 unspecified atom stereocenters. The van der Waals surface area contributed by atoms with Crippen LogP contribution in [0.1, 0.15) is 25.8 Å². The van der Waals surface area contributed by atoms with E-state index in [0.29, 0.717) is 6.54 Å². The largest absolute Gasteiger partial charge is 0.385 e. The second kappa shape index (κ2) is 7.26. The van der Waals surface area contributed by atoms with Gasteiger partial charge in [0.2, 0.25) is 5.91 Å². The van der Waals surface area contributed by atoms with E-state index in [9.17, 15) is 9.90 Å². The zero-order chi connectivity index (χ0) is 14.3. The average molecular weight is 264 g/mol. The van der Waals surface area contributed by atoms with E-state index >= 15 is 0 Å². The second-order valence-electron chi connectivity index (χ2n) is 5.06. The molecule has 1 amide bonds. The highest BCUT2D eigenvalue weighted by Crippen LogP contribution is 2.23. The summed E-state index contributed by atoms with van der Waals surface area (Å²) in [7, 11) is 2.01. The van der Waals surface area contributed by atoms with Gasteiger partial charge in [-0.25, -0.2) is 0 Å². The fourth-order valence-electron chi connectivity index (χ4n) is 1.82. The molecule has 0 fully saturated rings. The van der Waals surface area contributed by atoms with Crippen molar-refractivity contribution in [2.24, 2.45) is 0 Å². The Morgan fingerprint density at radius 1 is 1.37 bits per heavy atom. The summed E-state index contributed by atoms with van der Waals surface area (Å²) in [6, 6.07) is 9.27. The van der Waals surface area contributed by atoms with E-state index < -0.39 is 5.60 Å². The molecule has 0 aromatic heterocycles. The molecule has 1 aromatic carbocycles. The van der Waals surface area contributed by atoms with Gasteiger partial charge in [-0.2, -0.15) is 0 Å². The van der Waals surface area contributed by atoms with Crippen molar-refractivity contribution in [1.82, 2.24) is 10.2 Å². The van der Waals surface area contributed by atoms with Gasteiger partial charge in [-0.1, -0.05) is 37.3 Å². The highest BCUT2D eigenvalue weighted by Gasteiger charge is 2.26. The number of hydrogen-bond donors (Lipinski definition) is 2. The zero-order valence-electron chi connectivity index (χ0n) is 12.0. The monoisotopic (exact) mass is 264 g/mol. The van der Waals surface area contributed by atoms with Crippen LogP contribution in [-0.4, -0.2) is 42.6 Å². The van der Waals surface area contributed by atoms with Gasteiger partial charge in [0.1, 0.15) is 0 Å². The Hall–Kier alpha value is -1.39. The van der Waals surface area contributed by atoms with Gasteiger partial charge in [-0.3, -0.25) is 4.79 Å². The average Bonchev–Trinajstić information content (AvgIpc) is 2.39. The summed E-state index contributed by atoms with van der Waals surface area (Å²) in [5.74, 6) is -0.127. The fourth-order valence-corrected chi connectivity index (χ4v) is 1.82. The SMILES string of the molecule is CCN(C)CCNC(=O)CC(C)(O)c1ccccc1. The molecule has 0 bridgehead atoms. The van der Waals surface area contributed by atoms with Gasteiger partial charge in [0, 0.05) is 13.1 Å². The number of nitrogens with one attached hydrogen (secondary N) is 1. The van der Waals surface area contributed by atoms with E-state index in [1.807, 2.05) is 37.4 Å². The van der Waals surface area contributed by atoms with Crippen molar-refractivity contribution in [1.29, 1.82) is 0 Å². The summed E-state index contributed by atoms with van der Waals surface area (Å²) >= 11 is 0. The van der Waals surface area contributed by atoms with Crippen molar-refractivity contribution >= 4 is 5.91 Å². The van der Waals surface area contributed by atoms with Crippen LogP contribution in [0, 0.1) is 0 Å². The Morgan fingerprint density at radius 3 is 2.58 bits per heavy atom. The molecule has 0 heterocycles. The minimum atomic E-state index is -1.12. The molecule has 0 radical (unpaired) electrons. The van der Waals surface area contributed by atoms with Crippen LogP contribution in [0.3, 0.4) is 0 Å². The maximum Gasteiger partial charge on any atom is 0.223 e. The summed E-state index contributed by atoms with van der Waals surface area (Å²) in [6.07, 6.45) is 0.0762. The van der Waals surface area contributed by atoms with Crippen molar-refractivity contribution in [2.75, 3.05) is 26.7 Å². The fraction of sp³-hybridized carbons (Fsp3) is 0.533. The number of nitrogens with zero attached hydrogens (tertiary/aromatic N) is 1. The molecular formula is C15H24N2O2. The van der Waals surface area contributed by atoms with E-state index in [2.05, 4.69) is 17.1 Å². The molecule has 2 N–H and O–H groups in total. The molecule has 1 atom stereocenters. The third kappa shape index (κ3) is 5.41. The topological polar surface area (TPSA) is 52.6 Å². The lowest BCUT2D eigenvalue weighted by Crippen LogP contribution is -2.36. The van der Waals surface area contributed by atoms with Crippen LogP contribution in [0.4, 0.5) is 0 Å². The molecule has 0 aliphatic heterocycles. The van der Waals surface area contributed by atoms with Crippen LogP contribution in [0.15, 0.2) is 30.3 Å². The number of carbonyl (C=O) groups is 1. The van der Waals surface area contributed by atoms with Crippen LogP contribution in [0.5, 0.6) is 0 Å². The normalized spacial score (nSPS) is 14.2. The van der Waals surface area contributed by atoms with E-state index in [1.165, 1.54) is 0 Å². The van der Waals surface area contributed by atoms with Gasteiger partial charge in [0.25, 0.3) is 0 Å². The quantitative estimate of drug-likeness (QED) is 0.781. The number of benzene rings is 1. The van der Waals surface area contributed by atoms with E-state index in [0.717, 1.165) is 18.7 Å². The Morgan fingerprint density at radius 2 is 2.00 bits per heavy atom. The third-order valence-corrected chi connectivity index (χ3v) is 3.26. The molecule has 0 saturated heterocycles. The van der Waals surface area contributed by atoms with Crippen molar-refractivity contribution in [3.05, 3.63) is 35.9 Å². The molecule has 1 aromatic rings. The number of rotatable bonds is 7. The Labute approximate surface area is 115 Å². The number of aliphatic hydroxyl groups is 1. The van der Waals surface area contributed by atoms with Crippen LogP contribution >= 0.6 is 0 Å². The first-order valence-electron chi connectivity index (χ1n) is 6.69. The summed E-state index contributed by atoms with van der Waals surface area (Å²) in [4.78, 5) is 13.9. The molecule has 0 aliphatic carbocycles. The minimum absolute atomic E-state index is 0.0762. The van der Waals surface area contributed by atoms with Gasteiger partial charge in [-0.15, -0.1) is 0 Å². The number of amides is 1. The van der Waals surface area contributed by atoms with Crippen LogP contribution in [-0.2, 0) is 10.4 Å². The minimum Gasteiger partial charge on any atom is -0.385 e. The Kier molecular flexibility index (Phi) is 5.99. The smallest absolute Gasteiger partial charge is 0.223 e. The lowest BCUT2D eigenvalue weighted by Gasteiger charge is -2.23. The zero-order valence-corrected chi connectivity index (χ0v) is 12.0. The first kappa shape index (κ1) is 15.7. The summed E-state index contributed by atoms with van der Waals surface area (Å²) in [5, 5.41) is 13.2. The van der Waals surface area contributed by atoms with E-state index in [1.54, 1.807) is 6.92 Å². The molecule has 1 rings (SSSR count).